The van der Waals surface area contributed by atoms with E-state index in [0.717, 1.165) is 37.3 Å². The van der Waals surface area contributed by atoms with Gasteiger partial charge in [-0.2, -0.15) is 11.8 Å². The van der Waals surface area contributed by atoms with E-state index >= 15 is 0 Å². The first-order chi connectivity index (χ1) is 20.6. The largest absolute Gasteiger partial charge is 0.469 e. The Morgan fingerprint density at radius 2 is 1.46 bits per heavy atom. The molecule has 0 unspecified atom stereocenters. The summed E-state index contributed by atoms with van der Waals surface area (Å²) in [6.45, 7) is 34.2. The van der Waals surface area contributed by atoms with Gasteiger partial charge in [0.25, 0.3) is 0 Å². The van der Waals surface area contributed by atoms with Crippen molar-refractivity contribution in [3.05, 3.63) is 39.7 Å². The molecule has 0 spiro atoms. The number of carbonyl (C=O) groups excluding carboxylic acids is 1. The van der Waals surface area contributed by atoms with E-state index in [9.17, 15) is 4.79 Å². The van der Waals surface area contributed by atoms with Gasteiger partial charge in [0.2, 0.25) is 5.91 Å². The predicted octanol–water partition coefficient (Wildman–Crippen LogP) is 12.5. The van der Waals surface area contributed by atoms with Crippen LogP contribution in [-0.4, -0.2) is 51.5 Å². The molecule has 7 heteroatoms. The normalized spacial score (nSPS) is 15.2. The molecule has 1 amide bonds. The van der Waals surface area contributed by atoms with Gasteiger partial charge in [0.1, 0.15) is 5.76 Å². The van der Waals surface area contributed by atoms with Crippen LogP contribution in [0.4, 0.5) is 0 Å². The van der Waals surface area contributed by atoms with Gasteiger partial charge < -0.3 is 9.73 Å². The Morgan fingerprint density at radius 3 is 1.79 bits per heavy atom. The van der Waals surface area contributed by atoms with Gasteiger partial charge in [0.05, 0.1) is 17.0 Å². The lowest BCUT2D eigenvalue weighted by atomic mass is 9.87. The highest BCUT2D eigenvalue weighted by Crippen LogP contribution is 2.27. The van der Waals surface area contributed by atoms with Gasteiger partial charge in [-0.3, -0.25) is 9.69 Å². The van der Waals surface area contributed by atoms with Gasteiger partial charge >= 0.3 is 0 Å². The Labute approximate surface area is 308 Å². The molecule has 1 aliphatic carbocycles. The topological polar surface area (TPSA) is 58.4 Å². The number of rotatable bonds is 5. The maximum Gasteiger partial charge on any atom is 0.223 e. The molecule has 1 saturated carbocycles. The van der Waals surface area contributed by atoms with Gasteiger partial charge in [0, 0.05) is 33.9 Å². The number of amides is 1. The van der Waals surface area contributed by atoms with Crippen LogP contribution in [0.2, 0.25) is 0 Å². The van der Waals surface area contributed by atoms with Crippen molar-refractivity contribution < 1.29 is 9.21 Å². The van der Waals surface area contributed by atoms with Crippen LogP contribution in [0.1, 0.15) is 166 Å². The van der Waals surface area contributed by atoms with Gasteiger partial charge in [-0.15, -0.1) is 11.3 Å². The minimum absolute atomic E-state index is 0. The monoisotopic (exact) mass is 712 g/mol. The summed E-state index contributed by atoms with van der Waals surface area (Å²) in [4.78, 5) is 18.6. The number of aryl methyl sites for hydroxylation is 2. The van der Waals surface area contributed by atoms with E-state index in [-0.39, 0.29) is 33.6 Å². The first-order valence-electron chi connectivity index (χ1n) is 17.2. The molecular weight excluding hydrogens is 631 g/mol. The molecule has 2 aliphatic rings. The maximum absolute atomic E-state index is 11.6. The summed E-state index contributed by atoms with van der Waals surface area (Å²) in [6, 6.07) is 2.04. The van der Waals surface area contributed by atoms with Crippen LogP contribution < -0.4 is 5.32 Å². The lowest BCUT2D eigenvalue weighted by Gasteiger charge is -2.31. The fraction of sp³-hybridized carbons (Fsp3) is 0.805. The van der Waals surface area contributed by atoms with Crippen molar-refractivity contribution in [2.75, 3.05) is 25.4 Å². The number of thiazole rings is 1. The highest BCUT2D eigenvalue weighted by Gasteiger charge is 2.24. The van der Waals surface area contributed by atoms with Crippen LogP contribution in [0.3, 0.4) is 0 Å². The summed E-state index contributed by atoms with van der Waals surface area (Å²) in [7, 11) is 0. The van der Waals surface area contributed by atoms with Crippen molar-refractivity contribution in [1.29, 1.82) is 0 Å². The molecule has 284 valence electrons. The third-order valence-corrected chi connectivity index (χ3v) is 9.86. The van der Waals surface area contributed by atoms with Crippen molar-refractivity contribution in [3.63, 3.8) is 0 Å². The van der Waals surface area contributed by atoms with Crippen molar-refractivity contribution in [3.8, 4) is 0 Å². The molecule has 2 aromatic heterocycles. The number of thioether (sulfide) groups is 1. The second kappa shape index (κ2) is 23.2. The Bertz CT molecular complexity index is 1080. The summed E-state index contributed by atoms with van der Waals surface area (Å²) < 4.78 is 5.49. The molecule has 0 radical (unpaired) electrons. The summed E-state index contributed by atoms with van der Waals surface area (Å²) in [5.41, 5.74) is 3.53. The van der Waals surface area contributed by atoms with Gasteiger partial charge in [0.15, 0.2) is 0 Å². The molecule has 2 fully saturated rings. The SMILES string of the molecule is C.C.C.CC(C)(C)N1CCCC1.CC(C)(C)SCCNC(=O)C1CCCC1.Cc1nc(CC(C)(C)C)cs1.Cc1occc1C(C)(C)C. The lowest BCUT2D eigenvalue weighted by Crippen LogP contribution is -2.38. The molecule has 1 N–H and O–H groups in total. The Hall–Kier alpha value is -1.31. The first-order valence-corrected chi connectivity index (χ1v) is 19.1. The zero-order valence-electron chi connectivity index (χ0n) is 31.6. The molecule has 5 nitrogen and oxygen atoms in total. The highest BCUT2D eigenvalue weighted by molar-refractivity contribution is 8.00. The predicted molar refractivity (Wildman–Crippen MR) is 220 cm³/mol. The van der Waals surface area contributed by atoms with Crippen LogP contribution in [0.25, 0.3) is 0 Å². The van der Waals surface area contributed by atoms with Gasteiger partial charge in [-0.25, -0.2) is 4.98 Å². The third kappa shape index (κ3) is 23.2. The van der Waals surface area contributed by atoms with E-state index in [1.807, 2.05) is 24.8 Å². The van der Waals surface area contributed by atoms with Crippen LogP contribution >= 0.6 is 23.1 Å². The molecule has 48 heavy (non-hydrogen) atoms. The zero-order valence-corrected chi connectivity index (χ0v) is 33.2. The number of carbonyl (C=O) groups is 1. The molecule has 1 aliphatic heterocycles. The highest BCUT2D eigenvalue weighted by atomic mass is 32.2. The van der Waals surface area contributed by atoms with Crippen LogP contribution in [-0.2, 0) is 16.6 Å². The number of hydrogen-bond donors (Lipinski definition) is 1. The van der Waals surface area contributed by atoms with Crippen molar-refractivity contribution in [1.82, 2.24) is 15.2 Å². The average molecular weight is 712 g/mol. The maximum atomic E-state index is 11.6. The second-order valence-corrected chi connectivity index (χ2v) is 19.8. The smallest absolute Gasteiger partial charge is 0.223 e. The average Bonchev–Trinajstić information content (AvgIpc) is 3.69. The van der Waals surface area contributed by atoms with Crippen LogP contribution in [0.5, 0.6) is 0 Å². The molecule has 0 atom stereocenters. The van der Waals surface area contributed by atoms with E-state index in [0.29, 0.717) is 21.6 Å². The first kappa shape index (κ1) is 51.1. The molecule has 2 aromatic rings. The van der Waals surface area contributed by atoms with Crippen molar-refractivity contribution in [2.45, 2.75) is 180 Å². The Balaban J connectivity index is -0.000000561. The Morgan fingerprint density at radius 1 is 0.917 bits per heavy atom. The third-order valence-electron chi connectivity index (χ3n) is 7.76. The minimum Gasteiger partial charge on any atom is -0.469 e. The number of hydrogen-bond acceptors (Lipinski definition) is 6. The summed E-state index contributed by atoms with van der Waals surface area (Å²) in [5.74, 6) is 2.64. The van der Waals surface area contributed by atoms with E-state index < -0.39 is 0 Å². The van der Waals surface area contributed by atoms with Crippen LogP contribution in [0.15, 0.2) is 22.1 Å². The second-order valence-electron chi connectivity index (χ2n) is 16.8. The van der Waals surface area contributed by atoms with Gasteiger partial charge in [-0.05, 0) is 102 Å². The lowest BCUT2D eigenvalue weighted by molar-refractivity contribution is -0.124. The van der Waals surface area contributed by atoms with E-state index in [1.165, 1.54) is 55.0 Å². The summed E-state index contributed by atoms with van der Waals surface area (Å²) in [6.07, 6.45) is 10.3. The summed E-state index contributed by atoms with van der Waals surface area (Å²) in [5, 5.41) is 6.36. The number of nitrogens with one attached hydrogen (secondary N) is 1. The van der Waals surface area contributed by atoms with E-state index in [2.05, 4.69) is 111 Å². The number of aromatic nitrogens is 1. The van der Waals surface area contributed by atoms with Crippen molar-refractivity contribution in [2.24, 2.45) is 11.3 Å². The van der Waals surface area contributed by atoms with Gasteiger partial charge in [-0.1, -0.05) is 97.4 Å². The number of furan rings is 1. The number of nitrogens with zero attached hydrogens (tertiary/aromatic N) is 2. The molecule has 3 heterocycles. The fourth-order valence-electron chi connectivity index (χ4n) is 5.45. The molecule has 4 rings (SSSR count). The van der Waals surface area contributed by atoms with Crippen LogP contribution in [0, 0.1) is 25.2 Å². The number of likely N-dealkylation sites (tertiary alicyclic amines) is 1. The molecule has 1 saturated heterocycles. The molecule has 0 bridgehead atoms. The summed E-state index contributed by atoms with van der Waals surface area (Å²) >= 11 is 3.64. The van der Waals surface area contributed by atoms with Crippen molar-refractivity contribution >= 4 is 29.0 Å². The Kier molecular flexibility index (Phi) is 24.7. The fourth-order valence-corrected chi connectivity index (χ4v) is 6.88. The standard InChI is InChI=1S/C12H23NOS.C9H15NS.C9H14O.C8H17N.3CH4/c1-12(2,3)15-9-8-13-11(14)10-6-4-5-7-10;1-7-10-8(6-11-7)5-9(2,3)4;1-7-8(5-6-10-7)9(2,3)4;1-8(2,3)9-6-4-5-7-9;;;/h10H,4-9H2,1-3H3,(H,13,14);6H,5H2,1-4H3;5-6H,1-4H3;4-7H2,1-3H3;3*1H4. The molecule has 0 aromatic carbocycles. The van der Waals surface area contributed by atoms with E-state index in [4.69, 9.17) is 4.42 Å². The quantitative estimate of drug-likeness (QED) is 0.313. The zero-order chi connectivity index (χ0) is 34.5. The van der Waals surface area contributed by atoms with E-state index in [1.54, 1.807) is 17.6 Å². The minimum atomic E-state index is 0. The molecular formula is C41H81N3O2S2.